The summed E-state index contributed by atoms with van der Waals surface area (Å²) in [5, 5.41) is 10.6. The second-order valence-corrected chi connectivity index (χ2v) is 4.54. The molecule has 22 heavy (non-hydrogen) atoms. The molecule has 7 heteroatoms. The van der Waals surface area contributed by atoms with E-state index in [1.54, 1.807) is 36.8 Å². The van der Waals surface area contributed by atoms with Crippen LogP contribution in [0.2, 0.25) is 0 Å². The summed E-state index contributed by atoms with van der Waals surface area (Å²) in [7, 11) is 0. The first-order valence-electron chi connectivity index (χ1n) is 6.55. The Morgan fingerprint density at radius 3 is 2.73 bits per heavy atom. The van der Waals surface area contributed by atoms with Crippen molar-refractivity contribution in [2.75, 3.05) is 0 Å². The van der Waals surface area contributed by atoms with Crippen molar-refractivity contribution in [2.45, 2.75) is 6.54 Å². The number of aromatic nitrogens is 3. The fourth-order valence-corrected chi connectivity index (χ4v) is 1.98. The number of pyridine rings is 1. The summed E-state index contributed by atoms with van der Waals surface area (Å²) in [6.07, 6.45) is 10.5. The van der Waals surface area contributed by atoms with Crippen molar-refractivity contribution < 1.29 is 9.34 Å². The first-order chi connectivity index (χ1) is 10.7. The van der Waals surface area contributed by atoms with Gasteiger partial charge in [0.15, 0.2) is 0 Å². The van der Waals surface area contributed by atoms with Gasteiger partial charge in [-0.1, -0.05) is 0 Å². The van der Waals surface area contributed by atoms with Crippen molar-refractivity contribution >= 4 is 18.0 Å². The van der Waals surface area contributed by atoms with Crippen molar-refractivity contribution in [2.24, 2.45) is 0 Å². The van der Waals surface area contributed by atoms with Crippen LogP contribution in [0.25, 0.3) is 12.2 Å². The van der Waals surface area contributed by atoms with E-state index in [2.05, 4.69) is 9.97 Å². The molecule has 3 aromatic rings. The highest BCUT2D eigenvalue weighted by molar-refractivity contribution is 5.64. The third kappa shape index (κ3) is 3.09. The Bertz CT molecular complexity index is 805. The molecule has 3 aromatic heterocycles. The van der Waals surface area contributed by atoms with Crippen molar-refractivity contribution in [3.8, 4) is 0 Å². The van der Waals surface area contributed by atoms with Crippen molar-refractivity contribution in [3.63, 3.8) is 0 Å². The molecule has 0 aliphatic rings. The number of rotatable bonds is 5. The zero-order valence-electron chi connectivity index (χ0n) is 11.5. The van der Waals surface area contributed by atoms with E-state index in [1.165, 1.54) is 6.07 Å². The van der Waals surface area contributed by atoms with Crippen molar-refractivity contribution in [1.29, 1.82) is 0 Å². The third-order valence-electron chi connectivity index (χ3n) is 3.04. The number of furan rings is 1. The van der Waals surface area contributed by atoms with E-state index >= 15 is 0 Å². The molecule has 0 fully saturated rings. The van der Waals surface area contributed by atoms with Gasteiger partial charge in [0.2, 0.25) is 0 Å². The van der Waals surface area contributed by atoms with Crippen molar-refractivity contribution in [1.82, 2.24) is 14.5 Å². The molecule has 0 aliphatic carbocycles. The molecule has 0 aliphatic heterocycles. The second kappa shape index (κ2) is 6.04. The molecule has 0 bridgehead atoms. The van der Waals surface area contributed by atoms with Gasteiger partial charge in [0.1, 0.15) is 16.5 Å². The van der Waals surface area contributed by atoms with E-state index in [0.717, 1.165) is 11.4 Å². The Balaban J connectivity index is 1.77. The van der Waals surface area contributed by atoms with E-state index in [4.69, 9.17) is 4.42 Å². The Morgan fingerprint density at radius 1 is 1.18 bits per heavy atom. The van der Waals surface area contributed by atoms with E-state index in [-0.39, 0.29) is 5.88 Å². The Hall–Kier alpha value is -3.22. The third-order valence-corrected chi connectivity index (χ3v) is 3.04. The van der Waals surface area contributed by atoms with Gasteiger partial charge in [-0.05, 0) is 35.9 Å². The minimum absolute atomic E-state index is 0.278. The maximum Gasteiger partial charge on any atom is 0.433 e. The molecule has 0 aromatic carbocycles. The SMILES string of the molecule is O=[N+]([O-])c1ccc(/C=C/c2nccn2Cc2ccncc2)o1. The van der Waals surface area contributed by atoms with Crippen LogP contribution in [0, 0.1) is 10.1 Å². The highest BCUT2D eigenvalue weighted by Gasteiger charge is 2.10. The maximum atomic E-state index is 10.6. The number of nitrogens with zero attached hydrogens (tertiary/aromatic N) is 4. The largest absolute Gasteiger partial charge is 0.433 e. The van der Waals surface area contributed by atoms with Crippen LogP contribution in [0.1, 0.15) is 17.1 Å². The molecule has 0 saturated carbocycles. The minimum Gasteiger partial charge on any atom is -0.401 e. The summed E-state index contributed by atoms with van der Waals surface area (Å²) < 4.78 is 7.03. The fourth-order valence-electron chi connectivity index (χ4n) is 1.98. The van der Waals surface area contributed by atoms with E-state index in [0.29, 0.717) is 12.3 Å². The van der Waals surface area contributed by atoms with Crippen LogP contribution in [-0.2, 0) is 6.54 Å². The average Bonchev–Trinajstić information content (AvgIpc) is 3.15. The zero-order chi connectivity index (χ0) is 15.4. The van der Waals surface area contributed by atoms with Crippen LogP contribution in [0.3, 0.4) is 0 Å². The van der Waals surface area contributed by atoms with Gasteiger partial charge in [-0.15, -0.1) is 0 Å². The highest BCUT2D eigenvalue weighted by Crippen LogP contribution is 2.17. The maximum absolute atomic E-state index is 10.6. The molecule has 0 atom stereocenters. The first kappa shape index (κ1) is 13.7. The van der Waals surface area contributed by atoms with Gasteiger partial charge in [0, 0.05) is 31.3 Å². The van der Waals surface area contributed by atoms with Crippen LogP contribution in [0.4, 0.5) is 5.88 Å². The smallest absolute Gasteiger partial charge is 0.401 e. The van der Waals surface area contributed by atoms with Crippen molar-refractivity contribution in [3.05, 3.63) is 76.3 Å². The summed E-state index contributed by atoms with van der Waals surface area (Å²) in [5.74, 6) is 0.862. The number of hydrogen-bond donors (Lipinski definition) is 0. The normalized spacial score (nSPS) is 11.1. The quantitative estimate of drug-likeness (QED) is 0.533. The highest BCUT2D eigenvalue weighted by atomic mass is 16.6. The molecule has 0 radical (unpaired) electrons. The fraction of sp³-hybridized carbons (Fsp3) is 0.0667. The molecule has 0 unspecified atom stereocenters. The average molecular weight is 296 g/mol. The number of nitro groups is 1. The monoisotopic (exact) mass is 296 g/mol. The molecule has 0 saturated heterocycles. The van der Waals surface area contributed by atoms with Gasteiger partial charge in [-0.3, -0.25) is 15.1 Å². The van der Waals surface area contributed by atoms with Gasteiger partial charge in [0.05, 0.1) is 6.07 Å². The summed E-state index contributed by atoms with van der Waals surface area (Å²) in [6, 6.07) is 6.74. The lowest BCUT2D eigenvalue weighted by Crippen LogP contribution is -2.00. The van der Waals surface area contributed by atoms with Gasteiger partial charge < -0.3 is 8.98 Å². The predicted octanol–water partition coefficient (Wildman–Crippen LogP) is 3.00. The molecule has 3 rings (SSSR count). The zero-order valence-corrected chi connectivity index (χ0v) is 11.5. The molecular weight excluding hydrogens is 284 g/mol. The van der Waals surface area contributed by atoms with E-state index in [9.17, 15) is 10.1 Å². The molecule has 110 valence electrons. The van der Waals surface area contributed by atoms with Gasteiger partial charge in [-0.2, -0.15) is 0 Å². The van der Waals surface area contributed by atoms with Crippen LogP contribution in [0.5, 0.6) is 0 Å². The number of hydrogen-bond acceptors (Lipinski definition) is 5. The van der Waals surface area contributed by atoms with Gasteiger partial charge >= 0.3 is 5.88 Å². The summed E-state index contributed by atoms with van der Waals surface area (Å²) in [6.45, 7) is 0.667. The molecule has 3 heterocycles. The first-order valence-corrected chi connectivity index (χ1v) is 6.55. The summed E-state index contributed by atoms with van der Waals surface area (Å²) >= 11 is 0. The molecule has 0 amide bonds. The Kier molecular flexibility index (Phi) is 3.78. The Labute approximate surface area is 125 Å². The standard InChI is InChI=1S/C15H12N4O3/c20-19(21)15-4-2-13(22-15)1-3-14-17-9-10-18(14)11-12-5-7-16-8-6-12/h1-10H,11H2/b3-1+. The minimum atomic E-state index is -0.568. The van der Waals surface area contributed by atoms with Crippen LogP contribution < -0.4 is 0 Å². The lowest BCUT2D eigenvalue weighted by atomic mass is 10.2. The predicted molar refractivity (Wildman–Crippen MR) is 79.9 cm³/mol. The lowest BCUT2D eigenvalue weighted by molar-refractivity contribution is -0.402. The molecular formula is C15H12N4O3. The number of imidazole rings is 1. The van der Waals surface area contributed by atoms with Crippen LogP contribution >= 0.6 is 0 Å². The molecule has 0 spiro atoms. The summed E-state index contributed by atoms with van der Waals surface area (Å²) in [4.78, 5) is 18.2. The van der Waals surface area contributed by atoms with Gasteiger partial charge in [0.25, 0.3) is 0 Å². The molecule has 7 nitrogen and oxygen atoms in total. The van der Waals surface area contributed by atoms with E-state index < -0.39 is 4.92 Å². The van der Waals surface area contributed by atoms with Gasteiger partial charge in [-0.25, -0.2) is 4.98 Å². The van der Waals surface area contributed by atoms with E-state index in [1.807, 2.05) is 22.9 Å². The second-order valence-electron chi connectivity index (χ2n) is 4.54. The topological polar surface area (TPSA) is 87.0 Å². The lowest BCUT2D eigenvalue weighted by Gasteiger charge is -2.04. The van der Waals surface area contributed by atoms with Crippen LogP contribution in [-0.4, -0.2) is 19.5 Å². The summed E-state index contributed by atoms with van der Waals surface area (Å²) in [5.41, 5.74) is 1.11. The Morgan fingerprint density at radius 2 is 2.00 bits per heavy atom. The molecule has 0 N–H and O–H groups in total. The van der Waals surface area contributed by atoms with Crippen LogP contribution in [0.15, 0.2) is 53.5 Å².